The molecule has 0 aliphatic carbocycles. The van der Waals surface area contributed by atoms with Gasteiger partial charge in [0.15, 0.2) is 0 Å². The predicted molar refractivity (Wildman–Crippen MR) is 109 cm³/mol. The summed E-state index contributed by atoms with van der Waals surface area (Å²) in [5.74, 6) is -0.400. The summed E-state index contributed by atoms with van der Waals surface area (Å²) in [7, 11) is 0. The number of carbonyl (C=O) groups is 2. The highest BCUT2D eigenvalue weighted by Gasteiger charge is 2.24. The van der Waals surface area contributed by atoms with E-state index in [2.05, 4.69) is 4.99 Å². The fourth-order valence-electron chi connectivity index (χ4n) is 3.22. The van der Waals surface area contributed by atoms with Crippen molar-refractivity contribution in [2.24, 2.45) is 16.6 Å². The van der Waals surface area contributed by atoms with Crippen LogP contribution in [0.5, 0.6) is 5.75 Å². The molecule has 1 aromatic carbocycles. The molecule has 1 fully saturated rings. The van der Waals surface area contributed by atoms with Gasteiger partial charge in [0.25, 0.3) is 5.91 Å². The molecule has 0 aromatic heterocycles. The van der Waals surface area contributed by atoms with Crippen LogP contribution in [0.3, 0.4) is 0 Å². The normalized spacial score (nSPS) is 15.5. The van der Waals surface area contributed by atoms with Crippen LogP contribution < -0.4 is 10.5 Å². The lowest BCUT2D eigenvalue weighted by Crippen LogP contribution is -2.39. The average molecular weight is 407 g/mol. The summed E-state index contributed by atoms with van der Waals surface area (Å²) >= 11 is 0. The van der Waals surface area contributed by atoms with Crippen molar-refractivity contribution in [2.45, 2.75) is 52.6 Å². The molecule has 1 aliphatic rings. The van der Waals surface area contributed by atoms with Crippen LogP contribution in [0.4, 0.5) is 9.18 Å². The highest BCUT2D eigenvalue weighted by atomic mass is 19.1. The van der Waals surface area contributed by atoms with Gasteiger partial charge in [-0.2, -0.15) is 4.99 Å². The number of amidine groups is 1. The molecule has 1 aromatic rings. The molecule has 0 radical (unpaired) electrons. The smallest absolute Gasteiger partial charge is 0.410 e. The molecule has 0 unspecified atom stereocenters. The third-order valence-corrected chi connectivity index (χ3v) is 4.68. The first-order valence-electron chi connectivity index (χ1n) is 9.99. The second-order valence-corrected chi connectivity index (χ2v) is 7.55. The van der Waals surface area contributed by atoms with E-state index in [9.17, 15) is 14.0 Å². The van der Waals surface area contributed by atoms with Crippen LogP contribution in [0.1, 0.15) is 56.8 Å². The number of ether oxygens (including phenoxy) is 2. The Morgan fingerprint density at radius 2 is 2.00 bits per heavy atom. The Hall–Kier alpha value is -2.64. The number of carbonyl (C=O) groups excluding carboxylic acids is 2. The van der Waals surface area contributed by atoms with Gasteiger partial charge in [0.1, 0.15) is 17.4 Å². The molecule has 1 heterocycles. The Morgan fingerprint density at radius 1 is 1.31 bits per heavy atom. The molecule has 1 aliphatic heterocycles. The van der Waals surface area contributed by atoms with Gasteiger partial charge >= 0.3 is 6.09 Å². The number of benzene rings is 1. The molecule has 0 spiro atoms. The third kappa shape index (κ3) is 7.36. The molecule has 2 rings (SSSR count). The van der Waals surface area contributed by atoms with Gasteiger partial charge in [-0.1, -0.05) is 0 Å². The number of hydrogen-bond acceptors (Lipinski definition) is 4. The number of aliphatic imine (C=N–C) groups is 1. The Kier molecular flexibility index (Phi) is 8.42. The summed E-state index contributed by atoms with van der Waals surface area (Å²) in [5.41, 5.74) is 5.22. The second-order valence-electron chi connectivity index (χ2n) is 7.55. The zero-order valence-electron chi connectivity index (χ0n) is 17.3. The molecule has 2 amide bonds. The maximum atomic E-state index is 14.1. The van der Waals surface area contributed by atoms with E-state index in [1.54, 1.807) is 11.0 Å². The summed E-state index contributed by atoms with van der Waals surface area (Å²) in [6.45, 7) is 7.04. The molecular formula is C21H30FN3O4. The van der Waals surface area contributed by atoms with Crippen LogP contribution in [0, 0.1) is 11.7 Å². The molecule has 2 N–H and O–H groups in total. The van der Waals surface area contributed by atoms with Crippen LogP contribution in [0.2, 0.25) is 0 Å². The number of nitrogens with zero attached hydrogens (tertiary/aromatic N) is 2. The van der Waals surface area contributed by atoms with E-state index in [1.165, 1.54) is 19.1 Å². The maximum absolute atomic E-state index is 14.1. The highest BCUT2D eigenvalue weighted by Crippen LogP contribution is 2.23. The summed E-state index contributed by atoms with van der Waals surface area (Å²) < 4.78 is 24.9. The predicted octanol–water partition coefficient (Wildman–Crippen LogP) is 3.76. The van der Waals surface area contributed by atoms with Crippen molar-refractivity contribution in [3.63, 3.8) is 0 Å². The first kappa shape index (κ1) is 22.6. The third-order valence-electron chi connectivity index (χ3n) is 4.68. The molecule has 160 valence electrons. The first-order chi connectivity index (χ1) is 13.8. The Balaban J connectivity index is 1.71. The van der Waals surface area contributed by atoms with Gasteiger partial charge in [0.2, 0.25) is 0 Å². The van der Waals surface area contributed by atoms with Gasteiger partial charge in [-0.25, -0.2) is 9.18 Å². The zero-order chi connectivity index (χ0) is 21.4. The van der Waals surface area contributed by atoms with Gasteiger partial charge in [0, 0.05) is 19.2 Å². The van der Waals surface area contributed by atoms with Gasteiger partial charge in [-0.15, -0.1) is 0 Å². The minimum Gasteiger partial charge on any atom is -0.493 e. The minimum atomic E-state index is -0.710. The number of piperidine rings is 1. The molecular weight excluding hydrogens is 377 g/mol. The Labute approximate surface area is 171 Å². The van der Waals surface area contributed by atoms with Crippen molar-refractivity contribution in [3.05, 3.63) is 29.6 Å². The van der Waals surface area contributed by atoms with E-state index in [0.717, 1.165) is 25.7 Å². The number of hydrogen-bond donors (Lipinski definition) is 1. The van der Waals surface area contributed by atoms with Crippen molar-refractivity contribution in [1.82, 2.24) is 4.90 Å². The zero-order valence-corrected chi connectivity index (χ0v) is 17.3. The summed E-state index contributed by atoms with van der Waals surface area (Å²) in [6, 6.07) is 4.09. The van der Waals surface area contributed by atoms with E-state index in [1.807, 2.05) is 13.8 Å². The van der Waals surface area contributed by atoms with E-state index in [4.69, 9.17) is 15.2 Å². The van der Waals surface area contributed by atoms with E-state index in [0.29, 0.717) is 31.4 Å². The van der Waals surface area contributed by atoms with E-state index >= 15 is 0 Å². The molecule has 0 bridgehead atoms. The molecule has 0 saturated carbocycles. The van der Waals surface area contributed by atoms with Crippen LogP contribution in [0.15, 0.2) is 23.2 Å². The first-order valence-corrected chi connectivity index (χ1v) is 9.99. The number of rotatable bonds is 7. The van der Waals surface area contributed by atoms with Crippen LogP contribution in [-0.4, -0.2) is 48.5 Å². The minimum absolute atomic E-state index is 0.0809. The average Bonchev–Trinajstić information content (AvgIpc) is 2.64. The topological polar surface area (TPSA) is 94.2 Å². The molecule has 1 saturated heterocycles. The highest BCUT2D eigenvalue weighted by molar-refractivity contribution is 6.02. The largest absolute Gasteiger partial charge is 0.493 e. The van der Waals surface area contributed by atoms with Crippen molar-refractivity contribution in [3.8, 4) is 5.75 Å². The lowest BCUT2D eigenvalue weighted by atomic mass is 9.92. The summed E-state index contributed by atoms with van der Waals surface area (Å²) in [4.78, 5) is 29.0. The lowest BCUT2D eigenvalue weighted by Gasteiger charge is -2.31. The monoisotopic (exact) mass is 407 g/mol. The quantitative estimate of drug-likeness (QED) is 0.422. The number of halogens is 1. The number of amides is 2. The van der Waals surface area contributed by atoms with Crippen LogP contribution >= 0.6 is 0 Å². The van der Waals surface area contributed by atoms with Gasteiger partial charge < -0.3 is 20.1 Å². The fourth-order valence-corrected chi connectivity index (χ4v) is 3.22. The number of nitrogens with two attached hydrogens (primary N) is 1. The maximum Gasteiger partial charge on any atom is 0.410 e. The van der Waals surface area contributed by atoms with Crippen molar-refractivity contribution in [2.75, 3.05) is 19.7 Å². The SMILES string of the molecule is CC(N)=NC(=O)c1ccc(OCCCC2CCN(C(=O)OC(C)C)CC2)cc1F. The van der Waals surface area contributed by atoms with Crippen LogP contribution in [0.25, 0.3) is 0 Å². The standard InChI is InChI=1S/C21H30FN3O4/c1-14(2)29-21(27)25-10-8-16(9-11-25)5-4-12-28-17-6-7-18(19(22)13-17)20(26)24-15(3)23/h6-7,13-14,16H,4-5,8-12H2,1-3H3,(H2,23,24,26). The Bertz CT molecular complexity index is 739. The van der Waals surface area contributed by atoms with Crippen molar-refractivity contribution < 1.29 is 23.5 Å². The summed E-state index contributed by atoms with van der Waals surface area (Å²) in [5, 5.41) is 0. The number of likely N-dealkylation sites (tertiary alicyclic amines) is 1. The van der Waals surface area contributed by atoms with E-state index in [-0.39, 0.29) is 23.6 Å². The molecule has 7 nitrogen and oxygen atoms in total. The molecule has 0 atom stereocenters. The van der Waals surface area contributed by atoms with Gasteiger partial charge in [-0.05, 0) is 64.5 Å². The molecule has 8 heteroatoms. The van der Waals surface area contributed by atoms with Gasteiger partial charge in [-0.3, -0.25) is 4.79 Å². The fraction of sp³-hybridized carbons (Fsp3) is 0.571. The van der Waals surface area contributed by atoms with Crippen LogP contribution in [-0.2, 0) is 4.74 Å². The lowest BCUT2D eigenvalue weighted by molar-refractivity contribution is 0.0643. The molecule has 29 heavy (non-hydrogen) atoms. The summed E-state index contributed by atoms with van der Waals surface area (Å²) in [6.07, 6.45) is 3.36. The van der Waals surface area contributed by atoms with Crippen molar-refractivity contribution in [1.29, 1.82) is 0 Å². The van der Waals surface area contributed by atoms with Gasteiger partial charge in [0.05, 0.1) is 18.3 Å². The van der Waals surface area contributed by atoms with Crippen molar-refractivity contribution >= 4 is 17.8 Å². The Morgan fingerprint density at radius 3 is 2.59 bits per heavy atom. The van der Waals surface area contributed by atoms with E-state index < -0.39 is 11.7 Å². The second kappa shape index (κ2) is 10.8.